The summed E-state index contributed by atoms with van der Waals surface area (Å²) in [5, 5.41) is 13.4. The minimum Gasteiger partial charge on any atom is -0.465 e. The summed E-state index contributed by atoms with van der Waals surface area (Å²) < 4.78 is 13.3. The Balaban J connectivity index is 2.10. The lowest BCUT2D eigenvalue weighted by Crippen LogP contribution is -2.13. The smallest absolute Gasteiger partial charge is 0.409 e. The third kappa shape index (κ3) is 4.03. The quantitative estimate of drug-likeness (QED) is 0.782. The molecule has 0 unspecified atom stereocenters. The van der Waals surface area contributed by atoms with Crippen LogP contribution in [0.25, 0.3) is 0 Å². The Morgan fingerprint density at radius 3 is 2.10 bits per heavy atom. The molecule has 108 valence electrons. The molecule has 2 amide bonds. The molecule has 0 atom stereocenters. The van der Waals surface area contributed by atoms with Crippen molar-refractivity contribution in [2.24, 2.45) is 0 Å². The van der Waals surface area contributed by atoms with Crippen LogP contribution in [-0.2, 0) is 0 Å². The Labute approximate surface area is 127 Å². The second kappa shape index (κ2) is 6.36. The van der Waals surface area contributed by atoms with Crippen LogP contribution in [0, 0.1) is 5.82 Å². The van der Waals surface area contributed by atoms with Gasteiger partial charge in [0.05, 0.1) is 5.56 Å². The first-order valence-electron chi connectivity index (χ1n) is 5.82. The first kappa shape index (κ1) is 15.0. The largest absolute Gasteiger partial charge is 0.465 e. The van der Waals surface area contributed by atoms with Crippen molar-refractivity contribution < 1.29 is 19.1 Å². The van der Waals surface area contributed by atoms with Gasteiger partial charge in [0, 0.05) is 15.8 Å². The van der Waals surface area contributed by atoms with Gasteiger partial charge in [0.25, 0.3) is 5.91 Å². The highest BCUT2D eigenvalue weighted by atomic mass is 79.9. The van der Waals surface area contributed by atoms with Crippen LogP contribution in [0.1, 0.15) is 10.4 Å². The topological polar surface area (TPSA) is 78.4 Å². The van der Waals surface area contributed by atoms with Crippen molar-refractivity contribution in [2.75, 3.05) is 10.6 Å². The van der Waals surface area contributed by atoms with Crippen LogP contribution in [-0.4, -0.2) is 17.1 Å². The molecule has 2 aromatic carbocycles. The number of anilines is 2. The average molecular weight is 353 g/mol. The van der Waals surface area contributed by atoms with E-state index >= 15 is 0 Å². The minimum absolute atomic E-state index is 0.295. The summed E-state index contributed by atoms with van der Waals surface area (Å²) in [5.41, 5.74) is 1.18. The first-order chi connectivity index (χ1) is 9.95. The van der Waals surface area contributed by atoms with E-state index in [0.29, 0.717) is 21.4 Å². The number of nitrogens with one attached hydrogen (secondary N) is 2. The summed E-state index contributed by atoms with van der Waals surface area (Å²) in [4.78, 5) is 22.5. The molecule has 0 aliphatic rings. The van der Waals surface area contributed by atoms with E-state index in [4.69, 9.17) is 5.11 Å². The third-order valence-corrected chi connectivity index (χ3v) is 3.23. The molecule has 5 nitrogen and oxygen atoms in total. The van der Waals surface area contributed by atoms with Gasteiger partial charge in [-0.25, -0.2) is 9.18 Å². The molecule has 2 rings (SSSR count). The molecule has 21 heavy (non-hydrogen) atoms. The molecule has 3 N–H and O–H groups in total. The van der Waals surface area contributed by atoms with Crippen molar-refractivity contribution in [3.63, 3.8) is 0 Å². The zero-order chi connectivity index (χ0) is 15.4. The van der Waals surface area contributed by atoms with Crippen LogP contribution in [0.3, 0.4) is 0 Å². The second-order valence-corrected chi connectivity index (χ2v) is 4.94. The predicted octanol–water partition coefficient (Wildman–Crippen LogP) is 3.93. The molecule has 0 spiro atoms. The highest BCUT2D eigenvalue weighted by molar-refractivity contribution is 9.10. The molecule has 7 heteroatoms. The van der Waals surface area contributed by atoms with Crippen LogP contribution in [0.15, 0.2) is 46.9 Å². The normalized spacial score (nSPS) is 10.0. The molecule has 0 fully saturated rings. The monoisotopic (exact) mass is 352 g/mol. The summed E-state index contributed by atoms with van der Waals surface area (Å²) in [6.45, 7) is 0. The molecule has 2 aromatic rings. The molecular weight excluding hydrogens is 343 g/mol. The van der Waals surface area contributed by atoms with Crippen LogP contribution >= 0.6 is 15.9 Å². The molecule has 0 aromatic heterocycles. The number of hydrogen-bond acceptors (Lipinski definition) is 2. The molecule has 0 saturated heterocycles. The van der Waals surface area contributed by atoms with E-state index in [1.807, 2.05) is 0 Å². The van der Waals surface area contributed by atoms with Gasteiger partial charge in [-0.05, 0) is 58.4 Å². The molecule has 0 heterocycles. The maximum absolute atomic E-state index is 13.0. The van der Waals surface area contributed by atoms with Gasteiger partial charge in [-0.15, -0.1) is 0 Å². The number of carbonyl (C=O) groups excluding carboxylic acids is 1. The number of carbonyl (C=O) groups is 2. The van der Waals surface area contributed by atoms with Gasteiger partial charge < -0.3 is 10.4 Å². The van der Waals surface area contributed by atoms with Crippen molar-refractivity contribution in [1.29, 1.82) is 0 Å². The van der Waals surface area contributed by atoms with Crippen molar-refractivity contribution in [1.82, 2.24) is 0 Å². The van der Waals surface area contributed by atoms with Gasteiger partial charge in [0.1, 0.15) is 5.82 Å². The van der Waals surface area contributed by atoms with Gasteiger partial charge in [-0.2, -0.15) is 0 Å². The number of carboxylic acid groups (broad SMARTS) is 1. The Hall–Kier alpha value is -2.41. The summed E-state index contributed by atoms with van der Waals surface area (Å²) in [5.74, 6) is -0.844. The molecule has 0 aliphatic heterocycles. The molecular formula is C14H10BrFN2O3. The Morgan fingerprint density at radius 1 is 1.00 bits per heavy atom. The van der Waals surface area contributed by atoms with E-state index < -0.39 is 17.8 Å². The van der Waals surface area contributed by atoms with E-state index in [1.165, 1.54) is 30.3 Å². The van der Waals surface area contributed by atoms with E-state index in [9.17, 15) is 14.0 Å². The number of halogens is 2. The van der Waals surface area contributed by atoms with Gasteiger partial charge in [-0.3, -0.25) is 10.1 Å². The van der Waals surface area contributed by atoms with Crippen molar-refractivity contribution in [3.05, 3.63) is 58.3 Å². The van der Waals surface area contributed by atoms with Crippen molar-refractivity contribution in [3.8, 4) is 0 Å². The van der Waals surface area contributed by atoms with Crippen LogP contribution < -0.4 is 10.6 Å². The number of benzene rings is 2. The molecule has 0 bridgehead atoms. The van der Waals surface area contributed by atoms with Crippen LogP contribution in [0.5, 0.6) is 0 Å². The lowest BCUT2D eigenvalue weighted by atomic mass is 10.2. The van der Waals surface area contributed by atoms with Crippen molar-refractivity contribution in [2.45, 2.75) is 0 Å². The third-order valence-electron chi connectivity index (χ3n) is 2.57. The van der Waals surface area contributed by atoms with E-state index in [-0.39, 0.29) is 0 Å². The highest BCUT2D eigenvalue weighted by Crippen LogP contribution is 2.20. The fraction of sp³-hybridized carbons (Fsp3) is 0. The van der Waals surface area contributed by atoms with Gasteiger partial charge in [0.15, 0.2) is 0 Å². The van der Waals surface area contributed by atoms with Gasteiger partial charge >= 0.3 is 6.09 Å². The second-order valence-electron chi connectivity index (χ2n) is 4.09. The van der Waals surface area contributed by atoms with E-state index in [2.05, 4.69) is 26.6 Å². The van der Waals surface area contributed by atoms with Gasteiger partial charge in [0.2, 0.25) is 0 Å². The predicted molar refractivity (Wildman–Crippen MR) is 80.1 cm³/mol. The summed E-state index contributed by atoms with van der Waals surface area (Å²) >= 11 is 3.12. The highest BCUT2D eigenvalue weighted by Gasteiger charge is 2.11. The van der Waals surface area contributed by atoms with Crippen LogP contribution in [0.4, 0.5) is 20.6 Å². The Bertz CT molecular complexity index is 689. The molecule has 0 aliphatic carbocycles. The minimum atomic E-state index is -1.16. The van der Waals surface area contributed by atoms with Crippen molar-refractivity contribution >= 4 is 39.3 Å². The summed E-state index contributed by atoms with van der Waals surface area (Å²) in [6.07, 6.45) is -1.16. The lowest BCUT2D eigenvalue weighted by Gasteiger charge is -2.08. The number of rotatable bonds is 3. The Kier molecular flexibility index (Phi) is 4.54. The number of hydrogen-bond donors (Lipinski definition) is 3. The van der Waals surface area contributed by atoms with E-state index in [1.54, 1.807) is 12.1 Å². The average Bonchev–Trinajstić information content (AvgIpc) is 2.40. The standard InChI is InChI=1S/C14H10BrFN2O3/c15-12-7-8(16)1-6-11(12)13(19)17-9-2-4-10(5-3-9)18-14(20)21/h1-7,18H,(H,17,19)(H,20,21). The first-order valence-corrected chi connectivity index (χ1v) is 6.61. The molecule has 0 radical (unpaired) electrons. The fourth-order valence-electron chi connectivity index (χ4n) is 1.63. The fourth-order valence-corrected chi connectivity index (χ4v) is 2.16. The SMILES string of the molecule is O=C(O)Nc1ccc(NC(=O)c2ccc(F)cc2Br)cc1. The van der Waals surface area contributed by atoms with Gasteiger partial charge in [-0.1, -0.05) is 0 Å². The Morgan fingerprint density at radius 2 is 1.57 bits per heavy atom. The molecule has 0 saturated carbocycles. The van der Waals surface area contributed by atoms with E-state index in [0.717, 1.165) is 0 Å². The maximum Gasteiger partial charge on any atom is 0.409 e. The zero-order valence-corrected chi connectivity index (χ0v) is 12.1. The summed E-state index contributed by atoms with van der Waals surface area (Å²) in [7, 11) is 0. The zero-order valence-electron chi connectivity index (χ0n) is 10.6. The van der Waals surface area contributed by atoms with Crippen LogP contribution in [0.2, 0.25) is 0 Å². The number of amides is 2. The lowest BCUT2D eigenvalue weighted by molar-refractivity contribution is 0.102. The summed E-state index contributed by atoms with van der Waals surface area (Å²) in [6, 6.07) is 9.91. The maximum atomic E-state index is 13.0.